The van der Waals surface area contributed by atoms with Crippen LogP contribution in [0.25, 0.3) is 45.1 Å². The van der Waals surface area contributed by atoms with Crippen LogP contribution < -0.4 is 0 Å². The van der Waals surface area contributed by atoms with Crippen molar-refractivity contribution in [2.75, 3.05) is 11.5 Å². The zero-order valence-corrected chi connectivity index (χ0v) is 40.3. The number of unbranched alkanes of at least 4 members (excludes halogenated alkanes) is 13. The molecule has 1 aliphatic rings. The lowest BCUT2D eigenvalue weighted by Crippen LogP contribution is -1.96. The summed E-state index contributed by atoms with van der Waals surface area (Å²) in [6.07, 6.45) is 25.2. The van der Waals surface area contributed by atoms with Gasteiger partial charge < -0.3 is 5.11 Å². The van der Waals surface area contributed by atoms with Crippen molar-refractivity contribution in [3.05, 3.63) is 62.9 Å². The molecule has 0 spiro atoms. The lowest BCUT2D eigenvalue weighted by Gasteiger charge is -2.13. The van der Waals surface area contributed by atoms with Crippen LogP contribution in [-0.2, 0) is 24.1 Å². The number of thioether (sulfide) groups is 2. The minimum Gasteiger partial charge on any atom is -0.477 e. The minimum atomic E-state index is -1.17. The Kier molecular flexibility index (Phi) is 18.6. The quantitative estimate of drug-likeness (QED) is 0.0359. The van der Waals surface area contributed by atoms with Gasteiger partial charge in [-0.3, -0.25) is 0 Å². The highest BCUT2D eigenvalue weighted by molar-refractivity contribution is 8.06. The van der Waals surface area contributed by atoms with Crippen LogP contribution in [0.2, 0.25) is 0 Å². The first kappa shape index (κ1) is 45.4. The molecule has 10 heteroatoms. The van der Waals surface area contributed by atoms with Gasteiger partial charge >= 0.3 is 5.97 Å². The van der Waals surface area contributed by atoms with E-state index in [2.05, 4.69) is 92.0 Å². The monoisotopic (exact) mass is 905 g/mol. The van der Waals surface area contributed by atoms with E-state index in [0.29, 0.717) is 0 Å². The van der Waals surface area contributed by atoms with Gasteiger partial charge in [-0.05, 0) is 92.1 Å². The summed E-state index contributed by atoms with van der Waals surface area (Å²) in [6, 6.07) is 15.9. The predicted molar refractivity (Wildman–Crippen MR) is 262 cm³/mol. The Bertz CT molecular complexity index is 2130. The number of carboxylic acids is 1. The van der Waals surface area contributed by atoms with Crippen molar-refractivity contribution in [1.29, 1.82) is 5.26 Å². The number of thiophene rings is 5. The number of carboxylic acid groups (broad SMARTS) is 1. The normalized spacial score (nSPS) is 13.0. The van der Waals surface area contributed by atoms with E-state index in [9.17, 15) is 15.2 Å². The first-order valence-corrected chi connectivity index (χ1v) is 27.7. The van der Waals surface area contributed by atoms with Gasteiger partial charge in [0.15, 0.2) is 0 Å². The smallest absolute Gasteiger partial charge is 0.346 e. The maximum absolute atomic E-state index is 11.7. The Balaban J connectivity index is 1.29. The first-order valence-electron chi connectivity index (χ1n) is 21.7. The van der Waals surface area contributed by atoms with Crippen molar-refractivity contribution in [2.24, 2.45) is 0 Å². The van der Waals surface area contributed by atoms with E-state index in [1.165, 1.54) is 169 Å². The Labute approximate surface area is 376 Å². The molecule has 0 atom stereocenters. The molecule has 0 unspecified atom stereocenters. The molecular formula is C48H59NO2S7. The van der Waals surface area contributed by atoms with Crippen molar-refractivity contribution < 1.29 is 9.90 Å². The summed E-state index contributed by atoms with van der Waals surface area (Å²) in [5, 5.41) is 19.1. The van der Waals surface area contributed by atoms with Gasteiger partial charge in [0.1, 0.15) is 11.6 Å². The number of aliphatic carboxylic acids is 1. The van der Waals surface area contributed by atoms with Crippen molar-refractivity contribution in [3.8, 4) is 45.1 Å². The molecule has 6 heterocycles. The minimum absolute atomic E-state index is 0.215. The van der Waals surface area contributed by atoms with E-state index in [4.69, 9.17) is 0 Å². The highest BCUT2D eigenvalue weighted by Gasteiger charge is 2.25. The van der Waals surface area contributed by atoms with Crippen LogP contribution in [0.15, 0.2) is 51.8 Å². The summed E-state index contributed by atoms with van der Waals surface area (Å²) >= 11 is 13.7. The Morgan fingerprint density at radius 3 is 1.71 bits per heavy atom. The number of hydrogen-bond acceptors (Lipinski definition) is 9. The molecule has 0 saturated carbocycles. The van der Waals surface area contributed by atoms with E-state index < -0.39 is 5.97 Å². The third-order valence-corrected chi connectivity index (χ3v) is 20.1. The maximum atomic E-state index is 11.7. The van der Waals surface area contributed by atoms with Crippen LogP contribution in [0.5, 0.6) is 0 Å². The average Bonchev–Trinajstić information content (AvgIpc) is 4.08. The molecule has 310 valence electrons. The summed E-state index contributed by atoms with van der Waals surface area (Å²) in [6.45, 7) is 6.83. The molecule has 0 radical (unpaired) electrons. The van der Waals surface area contributed by atoms with Gasteiger partial charge in [0, 0.05) is 65.2 Å². The number of hydrogen-bond donors (Lipinski definition) is 1. The molecule has 1 aliphatic heterocycles. The third kappa shape index (κ3) is 12.3. The second kappa shape index (κ2) is 23.8. The lowest BCUT2D eigenvalue weighted by atomic mass is 10.0. The van der Waals surface area contributed by atoms with Crippen LogP contribution in [-0.4, -0.2) is 22.6 Å². The largest absolute Gasteiger partial charge is 0.477 e. The summed E-state index contributed by atoms with van der Waals surface area (Å²) in [5.41, 5.74) is 2.52. The summed E-state index contributed by atoms with van der Waals surface area (Å²) in [5.74, 6) is 1.24. The SMILES string of the molecule is CCCCCCCCc1cc(/C=C(\C#N)C(=O)O)sc1-c1ccc(-c2sc(-c3ccc(-c4sc(CCCCCC)c5c4SCCS5)s3)cc2CCCCCCCC)s1. The van der Waals surface area contributed by atoms with E-state index >= 15 is 0 Å². The van der Waals surface area contributed by atoms with E-state index in [1.807, 2.05) is 40.1 Å². The van der Waals surface area contributed by atoms with Crippen molar-refractivity contribution >= 4 is 92.3 Å². The summed E-state index contributed by atoms with van der Waals surface area (Å²) < 4.78 is 0. The van der Waals surface area contributed by atoms with Crippen LogP contribution in [0.4, 0.5) is 0 Å². The molecular weight excluding hydrogens is 847 g/mol. The Morgan fingerprint density at radius 1 is 0.586 bits per heavy atom. The van der Waals surface area contributed by atoms with Gasteiger partial charge in [-0.25, -0.2) is 4.79 Å². The fourth-order valence-corrected chi connectivity index (χ4v) is 16.8. The Hall–Kier alpha value is -2.10. The summed E-state index contributed by atoms with van der Waals surface area (Å²) in [4.78, 5) is 28.1. The number of fused-ring (bicyclic) bond motifs is 1. The van der Waals surface area contributed by atoms with Gasteiger partial charge in [-0.2, -0.15) is 5.26 Å². The van der Waals surface area contributed by atoms with Crippen LogP contribution >= 0.6 is 80.2 Å². The topological polar surface area (TPSA) is 61.1 Å². The average molecular weight is 906 g/mol. The van der Waals surface area contributed by atoms with Crippen LogP contribution in [0.1, 0.15) is 144 Å². The second-order valence-electron chi connectivity index (χ2n) is 15.3. The highest BCUT2D eigenvalue weighted by atomic mass is 32.2. The fraction of sp³-hybridized carbons (Fsp3) is 0.500. The lowest BCUT2D eigenvalue weighted by molar-refractivity contribution is -0.132. The third-order valence-electron chi connectivity index (χ3n) is 10.7. The van der Waals surface area contributed by atoms with E-state index in [0.717, 1.165) is 24.1 Å². The van der Waals surface area contributed by atoms with Crippen molar-refractivity contribution in [1.82, 2.24) is 0 Å². The fourth-order valence-electron chi connectivity index (χ4n) is 7.56. The number of nitriles is 1. The van der Waals surface area contributed by atoms with Crippen molar-refractivity contribution in [2.45, 2.75) is 153 Å². The highest BCUT2D eigenvalue weighted by Crippen LogP contribution is 2.53. The standard InChI is InChI=1S/C48H59NO2S7/c1-4-7-10-13-15-17-20-33-29-36(30-35(32-49)48(50)51)54-43(33)39-25-26-40(56-39)44-34(21-18-16-14-11-8-5-2)31-42(58-44)37-23-24-41(55-37)46-47-45(52-27-28-53-47)38(57-46)22-19-12-9-6-3/h23-26,29-31H,4-22,27-28H2,1-3H3,(H,50,51)/b35-30+. The van der Waals surface area contributed by atoms with Crippen LogP contribution in [0.3, 0.4) is 0 Å². The molecule has 0 saturated heterocycles. The molecule has 0 aromatic carbocycles. The molecule has 5 aromatic heterocycles. The van der Waals surface area contributed by atoms with Gasteiger partial charge in [0.2, 0.25) is 0 Å². The molecule has 0 amide bonds. The van der Waals surface area contributed by atoms with Crippen molar-refractivity contribution in [3.63, 3.8) is 0 Å². The first-order chi connectivity index (χ1) is 28.4. The van der Waals surface area contributed by atoms with Crippen LogP contribution in [0, 0.1) is 11.3 Å². The molecule has 3 nitrogen and oxygen atoms in total. The molecule has 1 N–H and O–H groups in total. The molecule has 0 bridgehead atoms. The second-order valence-corrected chi connectivity index (χ2v) is 22.9. The van der Waals surface area contributed by atoms with Gasteiger partial charge in [-0.15, -0.1) is 80.2 Å². The van der Waals surface area contributed by atoms with Gasteiger partial charge in [0.05, 0.1) is 4.88 Å². The van der Waals surface area contributed by atoms with E-state index in [1.54, 1.807) is 27.2 Å². The number of aryl methyl sites for hydroxylation is 3. The van der Waals surface area contributed by atoms with E-state index in [-0.39, 0.29) is 5.57 Å². The molecule has 58 heavy (non-hydrogen) atoms. The summed E-state index contributed by atoms with van der Waals surface area (Å²) in [7, 11) is 0. The molecule has 0 fully saturated rings. The maximum Gasteiger partial charge on any atom is 0.346 e. The molecule has 6 rings (SSSR count). The zero-order chi connectivity index (χ0) is 40.7. The molecule has 0 aliphatic carbocycles. The predicted octanol–water partition coefficient (Wildman–Crippen LogP) is 17.8. The number of carbonyl (C=O) groups is 1. The molecule has 5 aromatic rings. The number of rotatable bonds is 25. The number of nitrogens with zero attached hydrogens (tertiary/aromatic N) is 1. The van der Waals surface area contributed by atoms with Gasteiger partial charge in [0.25, 0.3) is 0 Å². The van der Waals surface area contributed by atoms with Gasteiger partial charge in [-0.1, -0.05) is 104 Å². The Morgan fingerprint density at radius 2 is 1.09 bits per heavy atom. The zero-order valence-electron chi connectivity index (χ0n) is 34.6.